The summed E-state index contributed by atoms with van der Waals surface area (Å²) in [5, 5.41) is 9.07. The second-order valence-corrected chi connectivity index (χ2v) is 5.31. The molecule has 0 radical (unpaired) electrons. The zero-order valence-corrected chi connectivity index (χ0v) is 12.7. The van der Waals surface area contributed by atoms with Crippen LogP contribution in [0.5, 0.6) is 0 Å². The van der Waals surface area contributed by atoms with Gasteiger partial charge in [0.05, 0.1) is 15.8 Å². The van der Waals surface area contributed by atoms with Gasteiger partial charge in [0.15, 0.2) is 0 Å². The number of nitrogen functional groups attached to an aromatic ring is 1. The van der Waals surface area contributed by atoms with Crippen LogP contribution in [-0.2, 0) is 11.3 Å². The van der Waals surface area contributed by atoms with Crippen LogP contribution in [0.2, 0.25) is 0 Å². The lowest BCUT2D eigenvalue weighted by Crippen LogP contribution is -2.30. The first kappa shape index (κ1) is 15.3. The number of hydrogen-bond acceptors (Lipinski definition) is 3. The monoisotopic (exact) mass is 352 g/mol. The molecule has 6 heteroatoms. The molecule has 110 valence electrons. The lowest BCUT2D eigenvalue weighted by atomic mass is 10.1. The third kappa shape index (κ3) is 3.72. The van der Waals surface area contributed by atoms with Crippen molar-refractivity contribution in [1.29, 1.82) is 0 Å². The minimum atomic E-state index is -0.981. The van der Waals surface area contributed by atoms with Gasteiger partial charge >= 0.3 is 5.97 Å². The Kier molecular flexibility index (Phi) is 4.80. The van der Waals surface area contributed by atoms with E-state index in [0.717, 1.165) is 0 Å². The summed E-state index contributed by atoms with van der Waals surface area (Å²) in [5.41, 5.74) is 7.64. The summed E-state index contributed by atoms with van der Waals surface area (Å²) in [6.45, 7) is 0.00994. The maximum atomic E-state index is 13.6. The molecular weight excluding hydrogens is 339 g/mol. The number of para-hydroxylation sites is 2. The van der Waals surface area contributed by atoms with Crippen LogP contribution >= 0.6 is 15.9 Å². The number of halogens is 2. The van der Waals surface area contributed by atoms with Crippen LogP contribution in [-0.4, -0.2) is 17.6 Å². The Morgan fingerprint density at radius 3 is 2.62 bits per heavy atom. The molecule has 0 aromatic heterocycles. The highest BCUT2D eigenvalue weighted by molar-refractivity contribution is 9.10. The van der Waals surface area contributed by atoms with Crippen LogP contribution in [0.25, 0.3) is 0 Å². The zero-order valence-electron chi connectivity index (χ0n) is 11.1. The molecule has 0 fully saturated rings. The van der Waals surface area contributed by atoms with Gasteiger partial charge < -0.3 is 15.7 Å². The van der Waals surface area contributed by atoms with E-state index in [9.17, 15) is 9.18 Å². The van der Waals surface area contributed by atoms with Gasteiger partial charge in [0, 0.05) is 6.54 Å². The highest BCUT2D eigenvalue weighted by atomic mass is 79.9. The number of nitrogens with two attached hydrogens (primary N) is 1. The van der Waals surface area contributed by atoms with Gasteiger partial charge in [0.1, 0.15) is 12.4 Å². The Hall–Kier alpha value is -2.08. The van der Waals surface area contributed by atoms with Crippen LogP contribution in [0.4, 0.5) is 15.8 Å². The molecule has 0 aliphatic heterocycles. The number of anilines is 2. The van der Waals surface area contributed by atoms with E-state index in [4.69, 9.17) is 10.8 Å². The molecule has 0 saturated carbocycles. The van der Waals surface area contributed by atoms with Gasteiger partial charge in [0.2, 0.25) is 0 Å². The van der Waals surface area contributed by atoms with Crippen LogP contribution in [0.15, 0.2) is 46.9 Å². The number of rotatable bonds is 5. The fourth-order valence-electron chi connectivity index (χ4n) is 2.04. The van der Waals surface area contributed by atoms with E-state index < -0.39 is 5.97 Å². The molecule has 3 N–H and O–H groups in total. The number of carbonyl (C=O) groups is 1. The van der Waals surface area contributed by atoms with Crippen molar-refractivity contribution in [3.8, 4) is 0 Å². The van der Waals surface area contributed by atoms with Gasteiger partial charge in [-0.25, -0.2) is 4.39 Å². The highest BCUT2D eigenvalue weighted by Crippen LogP contribution is 2.27. The summed E-state index contributed by atoms with van der Waals surface area (Å²) < 4.78 is 13.9. The third-order valence-electron chi connectivity index (χ3n) is 3.00. The molecule has 0 bridgehead atoms. The number of benzene rings is 2. The van der Waals surface area contributed by atoms with Crippen molar-refractivity contribution in [2.75, 3.05) is 17.2 Å². The molecule has 2 aromatic rings. The van der Waals surface area contributed by atoms with Gasteiger partial charge in [-0.2, -0.15) is 0 Å². The summed E-state index contributed by atoms with van der Waals surface area (Å²) >= 11 is 3.19. The Balaban J connectivity index is 2.35. The lowest BCUT2D eigenvalue weighted by molar-refractivity contribution is -0.135. The van der Waals surface area contributed by atoms with E-state index >= 15 is 0 Å². The first-order valence-electron chi connectivity index (χ1n) is 6.23. The predicted octanol–water partition coefficient (Wildman–Crippen LogP) is 3.26. The zero-order chi connectivity index (χ0) is 15.4. The number of aliphatic carboxylic acids is 1. The van der Waals surface area contributed by atoms with E-state index in [1.165, 1.54) is 6.07 Å². The molecular formula is C15H14BrFN2O2. The Morgan fingerprint density at radius 1 is 1.24 bits per heavy atom. The van der Waals surface area contributed by atoms with E-state index in [1.54, 1.807) is 41.3 Å². The maximum Gasteiger partial charge on any atom is 0.323 e. The van der Waals surface area contributed by atoms with Crippen LogP contribution in [0.3, 0.4) is 0 Å². The van der Waals surface area contributed by atoms with Gasteiger partial charge in [0.25, 0.3) is 0 Å². The van der Waals surface area contributed by atoms with Crippen molar-refractivity contribution in [2.24, 2.45) is 0 Å². The first-order chi connectivity index (χ1) is 9.99. The topological polar surface area (TPSA) is 66.6 Å². The molecule has 0 aliphatic rings. The van der Waals surface area contributed by atoms with Crippen molar-refractivity contribution in [3.63, 3.8) is 0 Å². The van der Waals surface area contributed by atoms with Crippen molar-refractivity contribution >= 4 is 33.3 Å². The van der Waals surface area contributed by atoms with Gasteiger partial charge in [-0.15, -0.1) is 0 Å². The molecule has 0 spiro atoms. The molecule has 0 unspecified atom stereocenters. The Bertz CT molecular complexity index is 664. The summed E-state index contributed by atoms with van der Waals surface area (Å²) in [7, 11) is 0. The lowest BCUT2D eigenvalue weighted by Gasteiger charge is -2.25. The standard InChI is InChI=1S/C15H14BrFN2O2/c16-15-10(4-3-5-11(15)17)8-19(9-14(20)21)13-7-2-1-6-12(13)18/h1-7H,8-9,18H2,(H,20,21). The number of hydrogen-bond donors (Lipinski definition) is 2. The normalized spacial score (nSPS) is 10.4. The van der Waals surface area contributed by atoms with Crippen molar-refractivity contribution in [3.05, 3.63) is 58.3 Å². The third-order valence-corrected chi connectivity index (χ3v) is 3.88. The van der Waals surface area contributed by atoms with E-state index in [1.807, 2.05) is 0 Å². The van der Waals surface area contributed by atoms with Crippen LogP contribution < -0.4 is 10.6 Å². The van der Waals surface area contributed by atoms with Gasteiger partial charge in [-0.1, -0.05) is 24.3 Å². The molecule has 21 heavy (non-hydrogen) atoms. The Labute approximate surface area is 130 Å². The summed E-state index contributed by atoms with van der Waals surface area (Å²) in [4.78, 5) is 12.7. The molecule has 4 nitrogen and oxygen atoms in total. The van der Waals surface area contributed by atoms with Crippen LogP contribution in [0, 0.1) is 5.82 Å². The molecule has 0 amide bonds. The number of nitrogens with zero attached hydrogens (tertiary/aromatic N) is 1. The fourth-order valence-corrected chi connectivity index (χ4v) is 2.43. The Morgan fingerprint density at radius 2 is 1.95 bits per heavy atom. The fraction of sp³-hybridized carbons (Fsp3) is 0.133. The summed E-state index contributed by atoms with van der Waals surface area (Å²) in [6, 6.07) is 11.7. The van der Waals surface area contributed by atoms with Crippen molar-refractivity contribution in [1.82, 2.24) is 0 Å². The molecule has 2 rings (SSSR count). The number of carboxylic acid groups (broad SMARTS) is 1. The summed E-state index contributed by atoms with van der Waals surface area (Å²) in [6.07, 6.45) is 0. The van der Waals surface area contributed by atoms with Gasteiger partial charge in [-0.05, 0) is 39.7 Å². The molecule has 2 aromatic carbocycles. The molecule has 0 aliphatic carbocycles. The predicted molar refractivity (Wildman–Crippen MR) is 83.6 cm³/mol. The smallest absolute Gasteiger partial charge is 0.323 e. The SMILES string of the molecule is Nc1ccccc1N(CC(=O)O)Cc1cccc(F)c1Br. The average Bonchev–Trinajstić information content (AvgIpc) is 2.43. The molecule has 0 heterocycles. The first-order valence-corrected chi connectivity index (χ1v) is 7.02. The minimum absolute atomic E-state index is 0.225. The minimum Gasteiger partial charge on any atom is -0.480 e. The largest absolute Gasteiger partial charge is 0.480 e. The second-order valence-electron chi connectivity index (χ2n) is 4.52. The van der Waals surface area contributed by atoms with Crippen LogP contribution in [0.1, 0.15) is 5.56 Å². The van der Waals surface area contributed by atoms with E-state index in [0.29, 0.717) is 21.4 Å². The average molecular weight is 353 g/mol. The highest BCUT2D eigenvalue weighted by Gasteiger charge is 2.16. The maximum absolute atomic E-state index is 13.6. The van der Waals surface area contributed by atoms with E-state index in [2.05, 4.69) is 15.9 Å². The van der Waals surface area contributed by atoms with E-state index in [-0.39, 0.29) is 18.9 Å². The van der Waals surface area contributed by atoms with Crippen molar-refractivity contribution in [2.45, 2.75) is 6.54 Å². The molecule has 0 saturated heterocycles. The van der Waals surface area contributed by atoms with Gasteiger partial charge in [-0.3, -0.25) is 4.79 Å². The summed E-state index contributed by atoms with van der Waals surface area (Å²) in [5.74, 6) is -1.37. The van der Waals surface area contributed by atoms with Crippen molar-refractivity contribution < 1.29 is 14.3 Å². The second kappa shape index (κ2) is 6.58. The number of carboxylic acids is 1. The molecule has 0 atom stereocenters. The quantitative estimate of drug-likeness (QED) is 0.810.